The summed E-state index contributed by atoms with van der Waals surface area (Å²) in [6, 6.07) is 1.36. The van der Waals surface area contributed by atoms with Gasteiger partial charge in [-0.05, 0) is 30.7 Å². The molecule has 1 aromatic rings. The van der Waals surface area contributed by atoms with E-state index in [1.807, 2.05) is 17.9 Å². The monoisotopic (exact) mass is 292 g/mol. The Morgan fingerprint density at radius 2 is 2.24 bits per heavy atom. The molecule has 1 fully saturated rings. The maximum atomic E-state index is 4.28. The molecular formula is C17H32N4. The van der Waals surface area contributed by atoms with Crippen LogP contribution in [-0.2, 0) is 13.5 Å². The zero-order chi connectivity index (χ0) is 15.2. The molecule has 120 valence electrons. The molecule has 0 amide bonds. The van der Waals surface area contributed by atoms with Crippen LogP contribution in [0.2, 0.25) is 0 Å². The third kappa shape index (κ3) is 5.11. The molecule has 1 aliphatic heterocycles. The largest absolute Gasteiger partial charge is 0.311 e. The number of piperazine rings is 1. The first-order valence-corrected chi connectivity index (χ1v) is 8.53. The summed E-state index contributed by atoms with van der Waals surface area (Å²) in [7, 11) is 1.99. The lowest BCUT2D eigenvalue weighted by Crippen LogP contribution is -2.57. The minimum absolute atomic E-state index is 0.659. The van der Waals surface area contributed by atoms with Crippen LogP contribution < -0.4 is 5.32 Å². The Balaban J connectivity index is 1.90. The summed E-state index contributed by atoms with van der Waals surface area (Å²) in [5.74, 6) is 0.769. The van der Waals surface area contributed by atoms with Crippen molar-refractivity contribution in [2.24, 2.45) is 13.0 Å². The number of aryl methyl sites for hydroxylation is 1. The molecule has 0 aromatic carbocycles. The summed E-state index contributed by atoms with van der Waals surface area (Å²) in [6.07, 6.45) is 9.11. The lowest BCUT2D eigenvalue weighted by molar-refractivity contribution is 0.116. The van der Waals surface area contributed by atoms with Crippen molar-refractivity contribution in [2.75, 3.05) is 19.6 Å². The molecule has 4 nitrogen and oxygen atoms in total. The summed E-state index contributed by atoms with van der Waals surface area (Å²) in [5.41, 5.74) is 1.35. The van der Waals surface area contributed by atoms with E-state index >= 15 is 0 Å². The second-order valence-electron chi connectivity index (χ2n) is 6.94. The summed E-state index contributed by atoms with van der Waals surface area (Å²) in [6.45, 7) is 10.4. The highest BCUT2D eigenvalue weighted by molar-refractivity contribution is 5.04. The van der Waals surface area contributed by atoms with Crippen molar-refractivity contribution in [3.63, 3.8) is 0 Å². The zero-order valence-corrected chi connectivity index (χ0v) is 14.2. The van der Waals surface area contributed by atoms with Crippen LogP contribution in [0.5, 0.6) is 0 Å². The van der Waals surface area contributed by atoms with E-state index in [2.05, 4.69) is 42.3 Å². The second kappa shape index (κ2) is 7.95. The Hall–Kier alpha value is -0.870. The third-order valence-corrected chi connectivity index (χ3v) is 4.44. The first-order valence-electron chi connectivity index (χ1n) is 8.53. The topological polar surface area (TPSA) is 33.1 Å². The first-order chi connectivity index (χ1) is 10.1. The lowest BCUT2D eigenvalue weighted by Gasteiger charge is -2.41. The molecule has 0 bridgehead atoms. The van der Waals surface area contributed by atoms with Gasteiger partial charge in [0.1, 0.15) is 0 Å². The molecule has 2 heterocycles. The zero-order valence-electron chi connectivity index (χ0n) is 14.2. The quantitative estimate of drug-likeness (QED) is 0.838. The summed E-state index contributed by atoms with van der Waals surface area (Å²) >= 11 is 0. The normalized spacial score (nSPS) is 23.9. The highest BCUT2D eigenvalue weighted by Gasteiger charge is 2.27. The molecule has 1 saturated heterocycles. The fourth-order valence-electron chi connectivity index (χ4n) is 3.42. The summed E-state index contributed by atoms with van der Waals surface area (Å²) < 4.78 is 1.90. The first kappa shape index (κ1) is 16.5. The van der Waals surface area contributed by atoms with Gasteiger partial charge in [0.2, 0.25) is 0 Å². The standard InChI is InChI=1S/C17H32N4/c1-5-6-17-11-18-16(9-14(2)3)13-21(17)8-7-15-10-19-20(4)12-15/h10,12,14,16-18H,5-9,11,13H2,1-4H3. The van der Waals surface area contributed by atoms with Gasteiger partial charge in [-0.1, -0.05) is 27.2 Å². The lowest BCUT2D eigenvalue weighted by atomic mass is 9.98. The third-order valence-electron chi connectivity index (χ3n) is 4.44. The van der Waals surface area contributed by atoms with E-state index < -0.39 is 0 Å². The Morgan fingerprint density at radius 1 is 1.43 bits per heavy atom. The molecule has 0 spiro atoms. The highest BCUT2D eigenvalue weighted by Crippen LogP contribution is 2.17. The Bertz CT molecular complexity index is 413. The molecule has 1 N–H and O–H groups in total. The highest BCUT2D eigenvalue weighted by atomic mass is 15.2. The van der Waals surface area contributed by atoms with Gasteiger partial charge in [0.05, 0.1) is 6.20 Å². The average molecular weight is 292 g/mol. The predicted molar refractivity (Wildman–Crippen MR) is 88.4 cm³/mol. The van der Waals surface area contributed by atoms with Crippen LogP contribution in [0.3, 0.4) is 0 Å². The Labute approximate surface area is 129 Å². The molecule has 0 aliphatic carbocycles. The maximum Gasteiger partial charge on any atom is 0.0522 e. The van der Waals surface area contributed by atoms with E-state index in [1.54, 1.807) is 0 Å². The smallest absolute Gasteiger partial charge is 0.0522 e. The molecular weight excluding hydrogens is 260 g/mol. The van der Waals surface area contributed by atoms with E-state index in [0.29, 0.717) is 12.1 Å². The van der Waals surface area contributed by atoms with Crippen LogP contribution in [0.4, 0.5) is 0 Å². The van der Waals surface area contributed by atoms with Crippen molar-refractivity contribution in [1.29, 1.82) is 0 Å². The number of nitrogens with zero attached hydrogens (tertiary/aromatic N) is 3. The van der Waals surface area contributed by atoms with Gasteiger partial charge in [0, 0.05) is 45.0 Å². The van der Waals surface area contributed by atoms with Gasteiger partial charge in [-0.2, -0.15) is 5.10 Å². The molecule has 4 heteroatoms. The second-order valence-corrected chi connectivity index (χ2v) is 6.94. The molecule has 1 aromatic heterocycles. The van der Waals surface area contributed by atoms with Crippen LogP contribution in [0.25, 0.3) is 0 Å². The average Bonchev–Trinajstić information content (AvgIpc) is 2.84. The fourth-order valence-corrected chi connectivity index (χ4v) is 3.42. The van der Waals surface area contributed by atoms with Crippen LogP contribution in [-0.4, -0.2) is 46.4 Å². The number of aromatic nitrogens is 2. The van der Waals surface area contributed by atoms with Crippen molar-refractivity contribution in [3.8, 4) is 0 Å². The van der Waals surface area contributed by atoms with Crippen LogP contribution in [0.1, 0.15) is 45.6 Å². The minimum Gasteiger partial charge on any atom is -0.311 e. The fraction of sp³-hybridized carbons (Fsp3) is 0.824. The van der Waals surface area contributed by atoms with Gasteiger partial charge in [-0.3, -0.25) is 9.58 Å². The number of rotatable bonds is 7. The predicted octanol–water partition coefficient (Wildman–Crippen LogP) is 2.45. The van der Waals surface area contributed by atoms with Gasteiger partial charge in [-0.25, -0.2) is 0 Å². The van der Waals surface area contributed by atoms with Gasteiger partial charge >= 0.3 is 0 Å². The molecule has 2 rings (SSSR count). The van der Waals surface area contributed by atoms with Crippen molar-refractivity contribution < 1.29 is 0 Å². The maximum absolute atomic E-state index is 4.28. The van der Waals surface area contributed by atoms with Crippen molar-refractivity contribution in [2.45, 2.75) is 58.5 Å². The van der Waals surface area contributed by atoms with Crippen molar-refractivity contribution in [3.05, 3.63) is 18.0 Å². The van der Waals surface area contributed by atoms with E-state index in [4.69, 9.17) is 0 Å². The summed E-state index contributed by atoms with van der Waals surface area (Å²) in [4.78, 5) is 2.71. The summed E-state index contributed by atoms with van der Waals surface area (Å²) in [5, 5.41) is 8.04. The van der Waals surface area contributed by atoms with Crippen molar-refractivity contribution in [1.82, 2.24) is 20.0 Å². The Morgan fingerprint density at radius 3 is 2.86 bits per heavy atom. The van der Waals surface area contributed by atoms with Crippen LogP contribution in [0.15, 0.2) is 12.4 Å². The van der Waals surface area contributed by atoms with Gasteiger partial charge in [0.15, 0.2) is 0 Å². The molecule has 0 radical (unpaired) electrons. The van der Waals surface area contributed by atoms with Crippen LogP contribution >= 0.6 is 0 Å². The molecule has 2 unspecified atom stereocenters. The number of nitrogens with one attached hydrogen (secondary N) is 1. The minimum atomic E-state index is 0.659. The molecule has 0 saturated carbocycles. The number of hydrogen-bond acceptors (Lipinski definition) is 3. The van der Waals surface area contributed by atoms with Crippen molar-refractivity contribution >= 4 is 0 Å². The SMILES string of the molecule is CCCC1CNC(CC(C)C)CN1CCc1cnn(C)c1. The van der Waals surface area contributed by atoms with Gasteiger partial charge in [0.25, 0.3) is 0 Å². The van der Waals surface area contributed by atoms with E-state index in [0.717, 1.165) is 25.4 Å². The Kier molecular flexibility index (Phi) is 6.24. The van der Waals surface area contributed by atoms with E-state index in [9.17, 15) is 0 Å². The molecule has 2 atom stereocenters. The van der Waals surface area contributed by atoms with Gasteiger partial charge < -0.3 is 5.32 Å². The molecule has 21 heavy (non-hydrogen) atoms. The van der Waals surface area contributed by atoms with Crippen LogP contribution in [0, 0.1) is 5.92 Å². The number of hydrogen-bond donors (Lipinski definition) is 1. The van der Waals surface area contributed by atoms with E-state index in [-0.39, 0.29) is 0 Å². The van der Waals surface area contributed by atoms with E-state index in [1.165, 1.54) is 31.4 Å². The molecule has 1 aliphatic rings. The van der Waals surface area contributed by atoms with Gasteiger partial charge in [-0.15, -0.1) is 0 Å².